The van der Waals surface area contributed by atoms with E-state index < -0.39 is 11.8 Å². The molecule has 1 heterocycles. The van der Waals surface area contributed by atoms with E-state index >= 15 is 0 Å². The number of hydrogen-bond donors (Lipinski definition) is 1. The van der Waals surface area contributed by atoms with Gasteiger partial charge in [0.25, 0.3) is 11.8 Å². The Hall–Kier alpha value is -2.59. The number of halogens is 1. The van der Waals surface area contributed by atoms with Crippen molar-refractivity contribution in [3.63, 3.8) is 0 Å². The Morgan fingerprint density at radius 2 is 1.54 bits per heavy atom. The number of rotatable bonds is 4. The standard InChI is InChI=1S/C19H17ClN2O2/c1-12(2)13-8-10-15(11-9-13)22-18(23)16(20)17(19(22)24)21-14-6-4-3-5-7-14/h3-12,21H,1-2H3. The third-order valence-corrected chi connectivity index (χ3v) is 4.24. The molecule has 0 aromatic heterocycles. The minimum absolute atomic E-state index is 0.0980. The maximum atomic E-state index is 12.7. The number of benzene rings is 2. The molecule has 122 valence electrons. The van der Waals surface area contributed by atoms with E-state index in [2.05, 4.69) is 19.2 Å². The predicted molar refractivity (Wildman–Crippen MR) is 96.0 cm³/mol. The Kier molecular flexibility index (Phi) is 4.40. The van der Waals surface area contributed by atoms with Crippen LogP contribution in [0.5, 0.6) is 0 Å². The van der Waals surface area contributed by atoms with Crippen molar-refractivity contribution >= 4 is 34.8 Å². The second-order valence-corrected chi connectivity index (χ2v) is 6.25. The lowest BCUT2D eigenvalue weighted by molar-refractivity contribution is -0.120. The Labute approximate surface area is 145 Å². The third-order valence-electron chi connectivity index (χ3n) is 3.89. The SMILES string of the molecule is CC(C)c1ccc(N2C(=O)C(Cl)=C(Nc3ccccc3)C2=O)cc1. The predicted octanol–water partition coefficient (Wildman–Crippen LogP) is 4.25. The average Bonchev–Trinajstić information content (AvgIpc) is 2.79. The molecule has 2 amide bonds. The smallest absolute Gasteiger partial charge is 0.283 e. The van der Waals surface area contributed by atoms with Gasteiger partial charge in [-0.3, -0.25) is 9.59 Å². The van der Waals surface area contributed by atoms with Crippen LogP contribution in [0.3, 0.4) is 0 Å². The van der Waals surface area contributed by atoms with Gasteiger partial charge in [-0.15, -0.1) is 0 Å². The normalized spacial score (nSPS) is 14.8. The molecule has 0 saturated carbocycles. The number of nitrogens with zero attached hydrogens (tertiary/aromatic N) is 1. The molecule has 0 saturated heterocycles. The van der Waals surface area contributed by atoms with Gasteiger partial charge in [-0.2, -0.15) is 0 Å². The minimum Gasteiger partial charge on any atom is -0.350 e. The molecule has 0 radical (unpaired) electrons. The van der Waals surface area contributed by atoms with Crippen LogP contribution in [0.25, 0.3) is 0 Å². The van der Waals surface area contributed by atoms with Gasteiger partial charge in [0.05, 0.1) is 5.69 Å². The van der Waals surface area contributed by atoms with Gasteiger partial charge in [0, 0.05) is 5.69 Å². The molecule has 0 aliphatic carbocycles. The molecule has 1 aliphatic rings. The van der Waals surface area contributed by atoms with Crippen LogP contribution in [-0.2, 0) is 9.59 Å². The second kappa shape index (κ2) is 6.49. The van der Waals surface area contributed by atoms with Crippen molar-refractivity contribution in [1.29, 1.82) is 0 Å². The van der Waals surface area contributed by atoms with Gasteiger partial charge in [-0.1, -0.05) is 55.8 Å². The monoisotopic (exact) mass is 340 g/mol. The Bertz CT molecular complexity index is 811. The summed E-state index contributed by atoms with van der Waals surface area (Å²) >= 11 is 6.10. The van der Waals surface area contributed by atoms with Gasteiger partial charge >= 0.3 is 0 Å². The number of amides is 2. The summed E-state index contributed by atoms with van der Waals surface area (Å²) < 4.78 is 0. The van der Waals surface area contributed by atoms with Crippen LogP contribution in [0.4, 0.5) is 11.4 Å². The summed E-state index contributed by atoms with van der Waals surface area (Å²) in [5.74, 6) is -0.593. The van der Waals surface area contributed by atoms with E-state index in [-0.39, 0.29) is 10.7 Å². The lowest BCUT2D eigenvalue weighted by atomic mass is 10.0. The molecule has 1 N–H and O–H groups in total. The molecule has 24 heavy (non-hydrogen) atoms. The minimum atomic E-state index is -0.516. The van der Waals surface area contributed by atoms with Crippen LogP contribution in [-0.4, -0.2) is 11.8 Å². The molecule has 5 heteroatoms. The van der Waals surface area contributed by atoms with Crippen molar-refractivity contribution in [2.24, 2.45) is 0 Å². The van der Waals surface area contributed by atoms with Crippen molar-refractivity contribution in [2.45, 2.75) is 19.8 Å². The largest absolute Gasteiger partial charge is 0.350 e. The van der Waals surface area contributed by atoms with E-state index in [4.69, 9.17) is 11.6 Å². The summed E-state index contributed by atoms with van der Waals surface area (Å²) in [5, 5.41) is 2.84. The molecule has 2 aromatic carbocycles. The topological polar surface area (TPSA) is 49.4 Å². The van der Waals surface area contributed by atoms with E-state index in [1.807, 2.05) is 30.3 Å². The maximum absolute atomic E-state index is 12.7. The van der Waals surface area contributed by atoms with Crippen molar-refractivity contribution in [1.82, 2.24) is 0 Å². The van der Waals surface area contributed by atoms with Gasteiger partial charge in [0.1, 0.15) is 10.7 Å². The first kappa shape index (κ1) is 16.3. The zero-order valence-corrected chi connectivity index (χ0v) is 14.2. The summed E-state index contributed by atoms with van der Waals surface area (Å²) in [6.45, 7) is 4.17. The summed E-state index contributed by atoms with van der Waals surface area (Å²) in [6.07, 6.45) is 0. The van der Waals surface area contributed by atoms with Gasteiger partial charge in [0.2, 0.25) is 0 Å². The van der Waals surface area contributed by atoms with Crippen molar-refractivity contribution < 1.29 is 9.59 Å². The molecule has 0 fully saturated rings. The Morgan fingerprint density at radius 1 is 0.917 bits per heavy atom. The van der Waals surface area contributed by atoms with Crippen LogP contribution in [0.15, 0.2) is 65.3 Å². The lowest BCUT2D eigenvalue weighted by Gasteiger charge is -2.16. The highest BCUT2D eigenvalue weighted by atomic mass is 35.5. The molecule has 0 spiro atoms. The first-order valence-corrected chi connectivity index (χ1v) is 8.07. The van der Waals surface area contributed by atoms with Crippen molar-refractivity contribution in [3.05, 3.63) is 70.9 Å². The number of anilines is 2. The zero-order chi connectivity index (χ0) is 17.3. The highest BCUT2D eigenvalue weighted by molar-refractivity contribution is 6.53. The fourth-order valence-electron chi connectivity index (χ4n) is 2.52. The Morgan fingerprint density at radius 3 is 2.12 bits per heavy atom. The number of hydrogen-bond acceptors (Lipinski definition) is 3. The van der Waals surface area contributed by atoms with Crippen molar-refractivity contribution in [3.8, 4) is 0 Å². The van der Waals surface area contributed by atoms with E-state index in [1.165, 1.54) is 0 Å². The molecule has 2 aromatic rings. The number of imide groups is 1. The van der Waals surface area contributed by atoms with Gasteiger partial charge in [-0.25, -0.2) is 4.90 Å². The maximum Gasteiger partial charge on any atom is 0.283 e. The number of nitrogens with one attached hydrogen (secondary N) is 1. The lowest BCUT2D eigenvalue weighted by Crippen LogP contribution is -2.32. The first-order chi connectivity index (χ1) is 11.5. The van der Waals surface area contributed by atoms with Crippen molar-refractivity contribution in [2.75, 3.05) is 10.2 Å². The number of carbonyl (C=O) groups is 2. The van der Waals surface area contributed by atoms with E-state index in [0.29, 0.717) is 17.3 Å². The van der Waals surface area contributed by atoms with Crippen LogP contribution in [0.1, 0.15) is 25.3 Å². The summed E-state index contributed by atoms with van der Waals surface area (Å²) in [5.41, 5.74) is 2.45. The number of carbonyl (C=O) groups excluding carboxylic acids is 2. The van der Waals surface area contributed by atoms with E-state index in [9.17, 15) is 9.59 Å². The first-order valence-electron chi connectivity index (χ1n) is 7.69. The average molecular weight is 341 g/mol. The highest BCUT2D eigenvalue weighted by Crippen LogP contribution is 2.30. The summed E-state index contributed by atoms with van der Waals surface area (Å²) in [4.78, 5) is 26.2. The number of para-hydroxylation sites is 1. The molecule has 1 aliphatic heterocycles. The second-order valence-electron chi connectivity index (χ2n) is 5.87. The molecule has 4 nitrogen and oxygen atoms in total. The van der Waals surface area contributed by atoms with Crippen LogP contribution in [0, 0.1) is 0 Å². The highest BCUT2D eigenvalue weighted by Gasteiger charge is 2.38. The molecule has 0 bridgehead atoms. The Balaban J connectivity index is 1.88. The van der Waals surface area contributed by atoms with E-state index in [1.54, 1.807) is 24.3 Å². The fraction of sp³-hybridized carbons (Fsp3) is 0.158. The molecule has 0 atom stereocenters. The van der Waals surface area contributed by atoms with E-state index in [0.717, 1.165) is 10.5 Å². The molecule has 3 rings (SSSR count). The molecule has 0 unspecified atom stereocenters. The van der Waals surface area contributed by atoms with Crippen LogP contribution in [0.2, 0.25) is 0 Å². The third kappa shape index (κ3) is 2.93. The van der Waals surface area contributed by atoms with Crippen LogP contribution < -0.4 is 10.2 Å². The molecular formula is C19H17ClN2O2. The van der Waals surface area contributed by atoms with Crippen LogP contribution >= 0.6 is 11.6 Å². The summed E-state index contributed by atoms with van der Waals surface area (Å²) in [6, 6.07) is 16.5. The quantitative estimate of drug-likeness (QED) is 0.847. The molecular weight excluding hydrogens is 324 g/mol. The zero-order valence-electron chi connectivity index (χ0n) is 13.4. The summed E-state index contributed by atoms with van der Waals surface area (Å²) in [7, 11) is 0. The van der Waals surface area contributed by atoms with Gasteiger partial charge < -0.3 is 5.32 Å². The van der Waals surface area contributed by atoms with Gasteiger partial charge in [0.15, 0.2) is 0 Å². The van der Waals surface area contributed by atoms with Gasteiger partial charge in [-0.05, 0) is 35.7 Å². The fourth-order valence-corrected chi connectivity index (χ4v) is 2.73.